The standard InChI is InChI=1S/C7H9N.C4H9.2CHO.Ru/c1-6-3-4-8-7(2)5-6;1-4(2)3;2*1-2;/h3-5H,1-2H3;1-3H3;2*1H;/q;3*-1;+3. The minimum absolute atomic E-state index is 0. The Kier molecular flexibility index (Phi) is 30.3. The maximum atomic E-state index is 7.75. The van der Waals surface area contributed by atoms with Gasteiger partial charge >= 0.3 is 19.5 Å². The van der Waals surface area contributed by atoms with Gasteiger partial charge in [0.1, 0.15) is 0 Å². The Bertz CT molecular complexity index is 233. The van der Waals surface area contributed by atoms with Crippen LogP contribution in [0.2, 0.25) is 0 Å². The Labute approximate surface area is 118 Å². The van der Waals surface area contributed by atoms with Crippen molar-refractivity contribution in [3.8, 4) is 0 Å². The summed E-state index contributed by atoms with van der Waals surface area (Å²) in [6.07, 6.45) is 1.82. The van der Waals surface area contributed by atoms with Crippen LogP contribution in [-0.4, -0.2) is 18.6 Å². The van der Waals surface area contributed by atoms with Crippen LogP contribution in [0.4, 0.5) is 0 Å². The van der Waals surface area contributed by atoms with E-state index in [1.54, 1.807) is 0 Å². The maximum Gasteiger partial charge on any atom is 3.00 e. The molecule has 3 nitrogen and oxygen atoms in total. The van der Waals surface area contributed by atoms with Crippen molar-refractivity contribution in [1.29, 1.82) is 0 Å². The van der Waals surface area contributed by atoms with Crippen LogP contribution in [-0.2, 0) is 29.1 Å². The molecule has 4 heteroatoms. The van der Waals surface area contributed by atoms with Gasteiger partial charge in [0.25, 0.3) is 0 Å². The largest absolute Gasteiger partial charge is 3.00 e. The van der Waals surface area contributed by atoms with Crippen molar-refractivity contribution in [2.24, 2.45) is 0 Å². The summed E-state index contributed by atoms with van der Waals surface area (Å²) in [4.78, 5) is 19.5. The van der Waals surface area contributed by atoms with E-state index < -0.39 is 0 Å². The summed E-state index contributed by atoms with van der Waals surface area (Å²) in [5.74, 6) is 1.42. The number of pyridine rings is 1. The van der Waals surface area contributed by atoms with Crippen LogP contribution in [0.1, 0.15) is 32.0 Å². The molecule has 0 spiro atoms. The summed E-state index contributed by atoms with van der Waals surface area (Å²) in [5.41, 5.74) is 2.36. The molecule has 0 fully saturated rings. The monoisotopic (exact) mass is 324 g/mol. The quantitative estimate of drug-likeness (QED) is 0.419. The van der Waals surface area contributed by atoms with Crippen molar-refractivity contribution in [1.82, 2.24) is 4.98 Å². The third kappa shape index (κ3) is 31.3. The number of nitrogens with zero attached hydrogens (tertiary/aromatic N) is 1. The topological polar surface area (TPSA) is 47.0 Å². The van der Waals surface area contributed by atoms with Crippen LogP contribution in [0.3, 0.4) is 0 Å². The summed E-state index contributed by atoms with van der Waals surface area (Å²) >= 11 is 0. The van der Waals surface area contributed by atoms with Crippen molar-refractivity contribution in [3.05, 3.63) is 35.5 Å². The normalized spacial score (nSPS) is 6.94. The summed E-state index contributed by atoms with van der Waals surface area (Å²) in [6.45, 7) is 16.8. The summed E-state index contributed by atoms with van der Waals surface area (Å²) in [6, 6.07) is 4.05. The molecular weight excluding hydrogens is 303 g/mol. The Balaban J connectivity index is -0.0000000814. The number of hydrogen-bond donors (Lipinski definition) is 0. The first kappa shape index (κ1) is 25.1. The maximum absolute atomic E-state index is 7.75. The zero-order chi connectivity index (χ0) is 13.6. The molecule has 0 saturated carbocycles. The average molecular weight is 323 g/mol. The summed E-state index contributed by atoms with van der Waals surface area (Å²) < 4.78 is 0. The van der Waals surface area contributed by atoms with E-state index >= 15 is 0 Å². The third-order valence-corrected chi connectivity index (χ3v) is 1.05. The predicted octanol–water partition coefficient (Wildman–Crippen LogP) is 2.77. The summed E-state index contributed by atoms with van der Waals surface area (Å²) in [5, 5.41) is 0. The smallest absolute Gasteiger partial charge is 0.545 e. The van der Waals surface area contributed by atoms with Crippen molar-refractivity contribution < 1.29 is 29.1 Å². The van der Waals surface area contributed by atoms with Gasteiger partial charge in [-0.15, -0.1) is 0 Å². The number of aryl methyl sites for hydroxylation is 2. The third-order valence-electron chi connectivity index (χ3n) is 1.05. The minimum Gasteiger partial charge on any atom is -0.545 e. The zero-order valence-corrected chi connectivity index (χ0v) is 12.7. The zero-order valence-electron chi connectivity index (χ0n) is 11.0. The van der Waals surface area contributed by atoms with Gasteiger partial charge in [-0.05, 0) is 31.5 Å². The fraction of sp³-hybridized carbons (Fsp3) is 0.385. The summed E-state index contributed by atoms with van der Waals surface area (Å²) in [7, 11) is 0. The average Bonchev–Trinajstić information content (AvgIpc) is 2.22. The Morgan fingerprint density at radius 2 is 1.41 bits per heavy atom. The van der Waals surface area contributed by atoms with Gasteiger partial charge in [0.15, 0.2) is 0 Å². The number of carbonyl (C=O) groups excluding carboxylic acids is 2. The van der Waals surface area contributed by atoms with Gasteiger partial charge in [0.05, 0.1) is 0 Å². The second-order valence-electron chi connectivity index (χ2n) is 3.47. The van der Waals surface area contributed by atoms with E-state index in [4.69, 9.17) is 9.59 Å². The van der Waals surface area contributed by atoms with Crippen molar-refractivity contribution in [3.63, 3.8) is 0 Å². The van der Waals surface area contributed by atoms with Crippen LogP contribution < -0.4 is 0 Å². The fourth-order valence-corrected chi connectivity index (χ4v) is 0.687. The van der Waals surface area contributed by atoms with Gasteiger partial charge in [-0.25, -0.2) is 0 Å². The number of aromatic nitrogens is 1. The molecule has 0 aromatic carbocycles. The molecule has 97 valence electrons. The van der Waals surface area contributed by atoms with Gasteiger partial charge in [-0.3, -0.25) is 18.6 Å². The van der Waals surface area contributed by atoms with Crippen LogP contribution in [0, 0.1) is 19.8 Å². The first-order valence-electron chi connectivity index (χ1n) is 4.65. The Morgan fingerprint density at radius 3 is 1.59 bits per heavy atom. The molecule has 0 atom stereocenters. The van der Waals surface area contributed by atoms with E-state index in [1.165, 1.54) is 11.5 Å². The minimum atomic E-state index is 0. The van der Waals surface area contributed by atoms with Crippen molar-refractivity contribution >= 4 is 13.6 Å². The van der Waals surface area contributed by atoms with Crippen LogP contribution in [0.25, 0.3) is 0 Å². The molecule has 0 unspecified atom stereocenters. The first-order chi connectivity index (χ1) is 7.52. The van der Waals surface area contributed by atoms with E-state index in [0.717, 1.165) is 5.69 Å². The molecule has 0 aliphatic heterocycles. The molecule has 1 aromatic rings. The van der Waals surface area contributed by atoms with Crippen LogP contribution >= 0.6 is 0 Å². The molecular formula is C13H20NO2Ru. The molecule has 0 saturated heterocycles. The fourth-order valence-electron chi connectivity index (χ4n) is 0.687. The molecule has 17 heavy (non-hydrogen) atoms. The Hall–Kier alpha value is -0.887. The van der Waals surface area contributed by atoms with Gasteiger partial charge < -0.3 is 15.5 Å². The molecule has 1 aromatic heterocycles. The molecule has 0 aliphatic carbocycles. The van der Waals surface area contributed by atoms with Crippen LogP contribution in [0.5, 0.6) is 0 Å². The second-order valence-corrected chi connectivity index (χ2v) is 3.47. The second kappa shape index (κ2) is 20.5. The van der Waals surface area contributed by atoms with Gasteiger partial charge in [-0.1, -0.05) is 0 Å². The van der Waals surface area contributed by atoms with Crippen molar-refractivity contribution in [2.75, 3.05) is 0 Å². The van der Waals surface area contributed by atoms with E-state index in [0.29, 0.717) is 0 Å². The SMILES string of the molecule is C[C-](C)C.Cc1ccnc(C)c1.[CH-]=O.[CH-]=O.[Ru+3]. The van der Waals surface area contributed by atoms with E-state index in [-0.39, 0.29) is 19.5 Å². The molecule has 1 rings (SSSR count). The molecule has 0 bridgehead atoms. The van der Waals surface area contributed by atoms with Gasteiger partial charge in [0, 0.05) is 11.9 Å². The Morgan fingerprint density at radius 1 is 1.06 bits per heavy atom. The van der Waals surface area contributed by atoms with E-state index in [2.05, 4.69) is 52.3 Å². The van der Waals surface area contributed by atoms with E-state index in [1.807, 2.05) is 19.2 Å². The number of rotatable bonds is 0. The molecule has 0 N–H and O–H groups in total. The molecule has 0 aliphatic rings. The van der Waals surface area contributed by atoms with Crippen molar-refractivity contribution in [2.45, 2.75) is 34.6 Å². The molecule has 1 radical (unpaired) electrons. The number of hydrogen-bond acceptors (Lipinski definition) is 3. The first-order valence-corrected chi connectivity index (χ1v) is 4.65. The predicted molar refractivity (Wildman–Crippen MR) is 67.5 cm³/mol. The molecule has 0 amide bonds. The molecule has 1 heterocycles. The van der Waals surface area contributed by atoms with Crippen LogP contribution in [0.15, 0.2) is 18.3 Å². The van der Waals surface area contributed by atoms with Gasteiger partial charge in [0.2, 0.25) is 0 Å². The van der Waals surface area contributed by atoms with E-state index in [9.17, 15) is 0 Å². The van der Waals surface area contributed by atoms with Gasteiger partial charge in [-0.2, -0.15) is 20.8 Å².